The molecule has 0 bridgehead atoms. The van der Waals surface area contributed by atoms with Crippen LogP contribution in [0.15, 0.2) is 24.4 Å². The maximum atomic E-state index is 13.3. The molecule has 0 saturated heterocycles. The molecule has 1 aliphatic heterocycles. The molecule has 0 spiro atoms. The molecule has 0 fully saturated rings. The summed E-state index contributed by atoms with van der Waals surface area (Å²) in [5, 5.41) is 8.08. The Morgan fingerprint density at radius 3 is 2.34 bits per heavy atom. The number of hydrogen-bond acceptors (Lipinski definition) is 10. The molecule has 1 aromatic heterocycles. The fourth-order valence-electron chi connectivity index (χ4n) is 4.40. The van der Waals surface area contributed by atoms with Crippen molar-refractivity contribution in [3.8, 4) is 11.3 Å². The second-order valence-electron chi connectivity index (χ2n) is 9.29. The molecule has 2 atom stereocenters. The lowest BCUT2D eigenvalue weighted by molar-refractivity contribution is -0.132. The van der Waals surface area contributed by atoms with Gasteiger partial charge in [0.1, 0.15) is 30.2 Å². The number of rotatable bonds is 13. The third-order valence-electron chi connectivity index (χ3n) is 6.25. The quantitative estimate of drug-likeness (QED) is 0.278. The third kappa shape index (κ3) is 6.11. The summed E-state index contributed by atoms with van der Waals surface area (Å²) in [6.07, 6.45) is -0.220. The Labute approximate surface area is 220 Å². The monoisotopic (exact) mass is 545 g/mol. The number of benzene rings is 1. The van der Waals surface area contributed by atoms with E-state index in [1.165, 1.54) is 6.92 Å². The molecule has 0 saturated carbocycles. The minimum Gasteiger partial charge on any atom is -0.362 e. The van der Waals surface area contributed by atoms with Crippen LogP contribution in [0.3, 0.4) is 0 Å². The second-order valence-corrected chi connectivity index (χ2v) is 11.0. The lowest BCUT2D eigenvalue weighted by Crippen LogP contribution is -2.60. The Morgan fingerprint density at radius 2 is 1.79 bits per heavy atom. The Bertz CT molecular complexity index is 1370. The van der Waals surface area contributed by atoms with Gasteiger partial charge in [-0.2, -0.15) is 10.1 Å². The summed E-state index contributed by atoms with van der Waals surface area (Å²) in [7, 11) is -2.59. The predicted molar refractivity (Wildman–Crippen MR) is 138 cm³/mol. The Morgan fingerprint density at radius 1 is 1.13 bits per heavy atom. The molecule has 2 aromatic rings. The fraction of sp³-hybridized carbons (Fsp3) is 0.440. The number of hydrazine groups is 1. The Balaban J connectivity index is 2.28. The van der Waals surface area contributed by atoms with Crippen LogP contribution in [-0.2, 0) is 41.0 Å². The SMILES string of the molecule is CCC(=O)CS(=O)(=O)NN1C(C(=O)CC=O)Nc2cc(C(C)C)c(-c3ccnn3C)cc2C1C(=O)CC=O. The van der Waals surface area contributed by atoms with Gasteiger partial charge in [-0.1, -0.05) is 20.8 Å². The number of carbonyl (C=O) groups is 5. The minimum absolute atomic E-state index is 0.0110. The van der Waals surface area contributed by atoms with Crippen LogP contribution in [0.5, 0.6) is 0 Å². The number of aryl methyl sites for hydroxylation is 1. The second kappa shape index (κ2) is 11.9. The van der Waals surface area contributed by atoms with Gasteiger partial charge in [0.25, 0.3) is 0 Å². The van der Waals surface area contributed by atoms with Crippen LogP contribution in [-0.4, -0.2) is 65.0 Å². The highest BCUT2D eigenvalue weighted by molar-refractivity contribution is 7.90. The van der Waals surface area contributed by atoms with Gasteiger partial charge in [-0.05, 0) is 29.7 Å². The van der Waals surface area contributed by atoms with Crippen molar-refractivity contribution in [2.45, 2.75) is 58.2 Å². The van der Waals surface area contributed by atoms with Crippen molar-refractivity contribution in [2.75, 3.05) is 11.1 Å². The maximum absolute atomic E-state index is 13.3. The van der Waals surface area contributed by atoms with Gasteiger partial charge in [0.05, 0.1) is 18.5 Å². The summed E-state index contributed by atoms with van der Waals surface area (Å²) in [4.78, 5) is 63.0. The van der Waals surface area contributed by atoms with Crippen molar-refractivity contribution in [3.05, 3.63) is 35.5 Å². The van der Waals surface area contributed by atoms with Crippen LogP contribution in [0.2, 0.25) is 0 Å². The zero-order chi connectivity index (χ0) is 28.2. The number of nitrogens with zero attached hydrogens (tertiary/aromatic N) is 3. The van der Waals surface area contributed by atoms with E-state index in [1.807, 2.05) is 13.8 Å². The molecule has 2 N–H and O–H groups in total. The van der Waals surface area contributed by atoms with Gasteiger partial charge in [-0.25, -0.2) is 8.42 Å². The van der Waals surface area contributed by atoms with Crippen molar-refractivity contribution in [1.29, 1.82) is 0 Å². The van der Waals surface area contributed by atoms with Crippen molar-refractivity contribution in [1.82, 2.24) is 19.6 Å². The molecule has 0 radical (unpaired) electrons. The highest BCUT2D eigenvalue weighted by Crippen LogP contribution is 2.41. The van der Waals surface area contributed by atoms with E-state index in [0.717, 1.165) is 21.8 Å². The zero-order valence-electron chi connectivity index (χ0n) is 21.6. The van der Waals surface area contributed by atoms with Gasteiger partial charge in [0.2, 0.25) is 10.0 Å². The predicted octanol–water partition coefficient (Wildman–Crippen LogP) is 1.43. The minimum atomic E-state index is -4.35. The summed E-state index contributed by atoms with van der Waals surface area (Å²) in [5.74, 6) is -2.82. The first-order valence-corrected chi connectivity index (χ1v) is 13.7. The number of ketones is 3. The van der Waals surface area contributed by atoms with Gasteiger partial charge in [-0.15, -0.1) is 4.83 Å². The zero-order valence-corrected chi connectivity index (χ0v) is 22.4. The molecule has 2 heterocycles. The van der Waals surface area contributed by atoms with E-state index in [2.05, 4.69) is 15.2 Å². The summed E-state index contributed by atoms with van der Waals surface area (Å²) in [6, 6.07) is 3.87. The van der Waals surface area contributed by atoms with Crippen LogP contribution in [0.25, 0.3) is 11.3 Å². The number of fused-ring (bicyclic) bond motifs is 1. The Kier molecular flexibility index (Phi) is 9.07. The molecule has 12 nitrogen and oxygen atoms in total. The van der Waals surface area contributed by atoms with Crippen molar-refractivity contribution in [3.63, 3.8) is 0 Å². The van der Waals surface area contributed by atoms with Gasteiger partial charge in [0, 0.05) is 36.5 Å². The molecule has 38 heavy (non-hydrogen) atoms. The maximum Gasteiger partial charge on any atom is 0.231 e. The number of aromatic nitrogens is 2. The van der Waals surface area contributed by atoms with E-state index in [0.29, 0.717) is 23.8 Å². The number of aldehydes is 2. The standard InChI is InChI=1S/C25H31N5O7S/c1-5-16(33)14-38(36,37)28-30-24(22(34)7-10-31)19-12-18(21-6-9-26-29(21)4)17(15(2)3)13-20(19)27-25(30)23(35)8-11-32/h6,9-13,15,24-25,27-28H,5,7-8,14H2,1-4H3. The highest BCUT2D eigenvalue weighted by Gasteiger charge is 2.43. The summed E-state index contributed by atoms with van der Waals surface area (Å²) in [6.45, 7) is 5.45. The molecule has 1 aliphatic rings. The number of sulfonamides is 1. The molecule has 13 heteroatoms. The first-order chi connectivity index (χ1) is 17.9. The summed E-state index contributed by atoms with van der Waals surface area (Å²) < 4.78 is 27.5. The lowest BCUT2D eigenvalue weighted by Gasteiger charge is -2.42. The topological polar surface area (TPSA) is 165 Å². The molecule has 0 aliphatic carbocycles. The average Bonchev–Trinajstić information content (AvgIpc) is 3.27. The van der Waals surface area contributed by atoms with E-state index in [9.17, 15) is 32.4 Å². The third-order valence-corrected chi connectivity index (χ3v) is 7.44. The molecule has 1 aromatic carbocycles. The molecule has 3 rings (SSSR count). The molecule has 0 amide bonds. The van der Waals surface area contributed by atoms with Crippen LogP contribution in [0.4, 0.5) is 5.69 Å². The molecular weight excluding hydrogens is 514 g/mol. The molecular formula is C25H31N5O7S. The number of carbonyl (C=O) groups excluding carboxylic acids is 5. The number of Topliss-reactive ketones (excluding diaryl/α,β-unsaturated/α-hetero) is 3. The van der Waals surface area contributed by atoms with Crippen LogP contribution < -0.4 is 10.1 Å². The van der Waals surface area contributed by atoms with Gasteiger partial charge in [-0.3, -0.25) is 19.1 Å². The number of nitrogens with one attached hydrogen (secondary N) is 2. The summed E-state index contributed by atoms with van der Waals surface area (Å²) >= 11 is 0. The molecule has 204 valence electrons. The smallest absolute Gasteiger partial charge is 0.231 e. The normalized spacial score (nSPS) is 17.5. The fourth-order valence-corrected chi connectivity index (χ4v) is 5.63. The lowest BCUT2D eigenvalue weighted by atomic mass is 9.87. The first kappa shape index (κ1) is 29.0. The Hall–Kier alpha value is -3.55. The average molecular weight is 546 g/mol. The van der Waals surface area contributed by atoms with Crippen LogP contribution >= 0.6 is 0 Å². The van der Waals surface area contributed by atoms with Crippen molar-refractivity contribution < 1.29 is 32.4 Å². The first-order valence-electron chi connectivity index (χ1n) is 12.1. The van der Waals surface area contributed by atoms with Crippen LogP contribution in [0, 0.1) is 0 Å². The number of hydrogen-bond donors (Lipinski definition) is 2. The van der Waals surface area contributed by atoms with Gasteiger partial charge >= 0.3 is 0 Å². The van der Waals surface area contributed by atoms with Crippen molar-refractivity contribution >= 4 is 45.6 Å². The van der Waals surface area contributed by atoms with Gasteiger partial charge < -0.3 is 14.9 Å². The van der Waals surface area contributed by atoms with E-state index in [1.54, 1.807) is 36.1 Å². The highest BCUT2D eigenvalue weighted by atomic mass is 32.2. The van der Waals surface area contributed by atoms with E-state index >= 15 is 0 Å². The molecule has 2 unspecified atom stereocenters. The van der Waals surface area contributed by atoms with E-state index in [-0.39, 0.29) is 12.3 Å². The number of anilines is 1. The van der Waals surface area contributed by atoms with E-state index in [4.69, 9.17) is 0 Å². The summed E-state index contributed by atoms with van der Waals surface area (Å²) in [5.41, 5.74) is 3.03. The van der Waals surface area contributed by atoms with Crippen LogP contribution in [0.1, 0.15) is 63.1 Å². The van der Waals surface area contributed by atoms with Gasteiger partial charge in [0.15, 0.2) is 17.7 Å². The van der Waals surface area contributed by atoms with Crippen molar-refractivity contribution in [2.24, 2.45) is 7.05 Å². The van der Waals surface area contributed by atoms with E-state index < -0.39 is 58.2 Å². The largest absolute Gasteiger partial charge is 0.362 e.